The van der Waals surface area contributed by atoms with Crippen LogP contribution < -0.4 is 5.32 Å². The highest BCUT2D eigenvalue weighted by atomic mass is 79.9. The summed E-state index contributed by atoms with van der Waals surface area (Å²) < 4.78 is 0.915. The van der Waals surface area contributed by atoms with Crippen molar-refractivity contribution >= 4 is 27.5 Å². The molecule has 2 nitrogen and oxygen atoms in total. The first-order chi connectivity index (χ1) is 8.94. The van der Waals surface area contributed by atoms with Crippen molar-refractivity contribution in [1.82, 2.24) is 0 Å². The molecule has 2 aromatic rings. The maximum atomic E-state index is 12.2. The van der Waals surface area contributed by atoms with Crippen LogP contribution in [0.25, 0.3) is 0 Å². The standard InChI is InChI=1S/C16H16BrNO/c1-10-4-11(2)8-15(7-10)18-16(19)13-5-12(3)6-14(17)9-13/h4-9H,1-3H3,(H,18,19). The first-order valence-corrected chi connectivity index (χ1v) is 6.90. The Morgan fingerprint density at radius 3 is 2.05 bits per heavy atom. The largest absolute Gasteiger partial charge is 0.322 e. The fourth-order valence-electron chi connectivity index (χ4n) is 2.12. The van der Waals surface area contributed by atoms with E-state index < -0.39 is 0 Å². The van der Waals surface area contributed by atoms with Gasteiger partial charge < -0.3 is 5.32 Å². The minimum absolute atomic E-state index is 0.0885. The van der Waals surface area contributed by atoms with Gasteiger partial charge in [-0.1, -0.05) is 22.0 Å². The average Bonchev–Trinajstić information content (AvgIpc) is 2.25. The van der Waals surface area contributed by atoms with E-state index in [0.29, 0.717) is 5.56 Å². The van der Waals surface area contributed by atoms with E-state index in [0.717, 1.165) is 26.9 Å². The lowest BCUT2D eigenvalue weighted by molar-refractivity contribution is 0.102. The van der Waals surface area contributed by atoms with Gasteiger partial charge in [-0.05, 0) is 67.8 Å². The SMILES string of the molecule is Cc1cc(C)cc(NC(=O)c2cc(C)cc(Br)c2)c1. The summed E-state index contributed by atoms with van der Waals surface area (Å²) in [6.07, 6.45) is 0. The lowest BCUT2D eigenvalue weighted by Crippen LogP contribution is -2.12. The number of hydrogen-bond donors (Lipinski definition) is 1. The molecule has 0 unspecified atom stereocenters. The van der Waals surface area contributed by atoms with Gasteiger partial charge in [0.05, 0.1) is 0 Å². The summed E-state index contributed by atoms with van der Waals surface area (Å²) in [5.41, 5.74) is 4.83. The molecule has 0 spiro atoms. The van der Waals surface area contributed by atoms with Gasteiger partial charge in [-0.25, -0.2) is 0 Å². The van der Waals surface area contributed by atoms with Crippen molar-refractivity contribution in [3.05, 3.63) is 63.1 Å². The van der Waals surface area contributed by atoms with Crippen LogP contribution in [0, 0.1) is 20.8 Å². The zero-order valence-corrected chi connectivity index (χ0v) is 12.8. The second kappa shape index (κ2) is 5.57. The average molecular weight is 318 g/mol. The fourth-order valence-corrected chi connectivity index (χ4v) is 2.73. The molecular formula is C16H16BrNO. The van der Waals surface area contributed by atoms with Gasteiger partial charge in [0.15, 0.2) is 0 Å². The van der Waals surface area contributed by atoms with Crippen molar-refractivity contribution in [3.63, 3.8) is 0 Å². The molecule has 1 amide bonds. The molecule has 0 saturated carbocycles. The molecule has 0 aliphatic heterocycles. The van der Waals surface area contributed by atoms with Crippen LogP contribution in [0.5, 0.6) is 0 Å². The van der Waals surface area contributed by atoms with Crippen LogP contribution in [0.15, 0.2) is 40.9 Å². The van der Waals surface area contributed by atoms with Crippen LogP contribution in [0.4, 0.5) is 5.69 Å². The molecule has 1 N–H and O–H groups in total. The van der Waals surface area contributed by atoms with Crippen molar-refractivity contribution < 1.29 is 4.79 Å². The van der Waals surface area contributed by atoms with E-state index in [1.807, 2.05) is 51.1 Å². The normalized spacial score (nSPS) is 10.3. The van der Waals surface area contributed by atoms with Gasteiger partial charge in [0.25, 0.3) is 5.91 Å². The van der Waals surface area contributed by atoms with Gasteiger partial charge in [-0.15, -0.1) is 0 Å². The quantitative estimate of drug-likeness (QED) is 0.859. The van der Waals surface area contributed by atoms with Gasteiger partial charge in [0.2, 0.25) is 0 Å². The van der Waals surface area contributed by atoms with Gasteiger partial charge in [0, 0.05) is 15.7 Å². The molecular weight excluding hydrogens is 302 g/mol. The highest BCUT2D eigenvalue weighted by Gasteiger charge is 2.08. The van der Waals surface area contributed by atoms with Gasteiger partial charge in [-0.2, -0.15) is 0 Å². The molecule has 0 heterocycles. The van der Waals surface area contributed by atoms with Gasteiger partial charge in [0.1, 0.15) is 0 Å². The van der Waals surface area contributed by atoms with Crippen molar-refractivity contribution in [2.24, 2.45) is 0 Å². The lowest BCUT2D eigenvalue weighted by atomic mass is 10.1. The van der Waals surface area contributed by atoms with Crippen LogP contribution in [0.2, 0.25) is 0 Å². The number of nitrogens with one attached hydrogen (secondary N) is 1. The highest BCUT2D eigenvalue weighted by Crippen LogP contribution is 2.18. The van der Waals surface area contributed by atoms with E-state index in [1.54, 1.807) is 0 Å². The van der Waals surface area contributed by atoms with E-state index in [-0.39, 0.29) is 5.91 Å². The van der Waals surface area contributed by atoms with Crippen molar-refractivity contribution in [2.45, 2.75) is 20.8 Å². The Balaban J connectivity index is 2.25. The summed E-state index contributed by atoms with van der Waals surface area (Å²) in [6.45, 7) is 6.01. The number of carbonyl (C=O) groups excluding carboxylic acids is 1. The second-order valence-corrected chi connectivity index (χ2v) is 5.76. The molecule has 0 atom stereocenters. The molecule has 19 heavy (non-hydrogen) atoms. The zero-order chi connectivity index (χ0) is 14.0. The predicted octanol–water partition coefficient (Wildman–Crippen LogP) is 4.63. The molecule has 98 valence electrons. The second-order valence-electron chi connectivity index (χ2n) is 4.85. The maximum absolute atomic E-state index is 12.2. The summed E-state index contributed by atoms with van der Waals surface area (Å²) in [7, 11) is 0. The molecule has 0 aliphatic rings. The smallest absolute Gasteiger partial charge is 0.255 e. The van der Waals surface area contributed by atoms with Gasteiger partial charge >= 0.3 is 0 Å². The number of hydrogen-bond acceptors (Lipinski definition) is 1. The Morgan fingerprint density at radius 2 is 1.47 bits per heavy atom. The molecule has 3 heteroatoms. The Kier molecular flexibility index (Phi) is 4.05. The van der Waals surface area contributed by atoms with Crippen LogP contribution >= 0.6 is 15.9 Å². The molecule has 0 aliphatic carbocycles. The summed E-state index contributed by atoms with van der Waals surface area (Å²) >= 11 is 3.41. The number of aryl methyl sites for hydroxylation is 3. The molecule has 2 aromatic carbocycles. The van der Waals surface area contributed by atoms with Crippen LogP contribution in [0.1, 0.15) is 27.0 Å². The Labute approximate surface area is 122 Å². The van der Waals surface area contributed by atoms with Crippen molar-refractivity contribution in [3.8, 4) is 0 Å². The summed E-state index contributed by atoms with van der Waals surface area (Å²) in [6, 6.07) is 11.7. The van der Waals surface area contributed by atoms with Crippen molar-refractivity contribution in [1.29, 1.82) is 0 Å². The van der Waals surface area contributed by atoms with Gasteiger partial charge in [-0.3, -0.25) is 4.79 Å². The number of carbonyl (C=O) groups is 1. The minimum Gasteiger partial charge on any atom is -0.322 e. The molecule has 0 saturated heterocycles. The predicted molar refractivity (Wildman–Crippen MR) is 82.7 cm³/mol. The highest BCUT2D eigenvalue weighted by molar-refractivity contribution is 9.10. The number of rotatable bonds is 2. The third kappa shape index (κ3) is 3.67. The molecule has 0 aromatic heterocycles. The van der Waals surface area contributed by atoms with E-state index in [2.05, 4.69) is 27.3 Å². The first kappa shape index (κ1) is 13.8. The number of amides is 1. The topological polar surface area (TPSA) is 29.1 Å². The van der Waals surface area contributed by atoms with Crippen LogP contribution in [0.3, 0.4) is 0 Å². The maximum Gasteiger partial charge on any atom is 0.255 e. The van der Waals surface area contributed by atoms with E-state index >= 15 is 0 Å². The van der Waals surface area contributed by atoms with E-state index in [9.17, 15) is 4.79 Å². The Morgan fingerprint density at radius 1 is 0.895 bits per heavy atom. The Bertz CT molecular complexity index is 594. The molecule has 2 rings (SSSR count). The molecule has 0 radical (unpaired) electrons. The summed E-state index contributed by atoms with van der Waals surface area (Å²) in [4.78, 5) is 12.2. The first-order valence-electron chi connectivity index (χ1n) is 6.11. The van der Waals surface area contributed by atoms with Crippen LogP contribution in [-0.2, 0) is 0 Å². The minimum atomic E-state index is -0.0885. The Hall–Kier alpha value is -1.61. The summed E-state index contributed by atoms with van der Waals surface area (Å²) in [5.74, 6) is -0.0885. The number of anilines is 1. The third-order valence-electron chi connectivity index (χ3n) is 2.78. The molecule has 0 bridgehead atoms. The van der Waals surface area contributed by atoms with E-state index in [4.69, 9.17) is 0 Å². The number of benzene rings is 2. The third-order valence-corrected chi connectivity index (χ3v) is 3.24. The summed E-state index contributed by atoms with van der Waals surface area (Å²) in [5, 5.41) is 2.93. The lowest BCUT2D eigenvalue weighted by Gasteiger charge is -2.08. The molecule has 0 fully saturated rings. The zero-order valence-electron chi connectivity index (χ0n) is 11.3. The number of halogens is 1. The monoisotopic (exact) mass is 317 g/mol. The van der Waals surface area contributed by atoms with Crippen molar-refractivity contribution in [2.75, 3.05) is 5.32 Å². The van der Waals surface area contributed by atoms with Crippen LogP contribution in [-0.4, -0.2) is 5.91 Å². The van der Waals surface area contributed by atoms with E-state index in [1.165, 1.54) is 0 Å². The fraction of sp³-hybridized carbons (Fsp3) is 0.188.